The maximum atomic E-state index is 12.6. The van der Waals surface area contributed by atoms with E-state index in [9.17, 15) is 26.4 Å². The van der Waals surface area contributed by atoms with E-state index in [1.807, 2.05) is 4.72 Å². The van der Waals surface area contributed by atoms with Crippen LogP contribution in [0.3, 0.4) is 0 Å². The third-order valence-electron chi connectivity index (χ3n) is 2.39. The van der Waals surface area contributed by atoms with Crippen molar-refractivity contribution < 1.29 is 31.5 Å². The van der Waals surface area contributed by atoms with E-state index in [4.69, 9.17) is 5.11 Å². The number of carboxylic acid groups (broad SMARTS) is 1. The van der Waals surface area contributed by atoms with Crippen LogP contribution < -0.4 is 4.72 Å². The topological polar surface area (TPSA) is 83.5 Å². The van der Waals surface area contributed by atoms with Gasteiger partial charge in [0.15, 0.2) is 0 Å². The van der Waals surface area contributed by atoms with Crippen LogP contribution >= 0.6 is 0 Å². The van der Waals surface area contributed by atoms with Crippen LogP contribution in [0.15, 0.2) is 18.2 Å². The number of aromatic carboxylic acids is 1. The molecule has 0 spiro atoms. The molecular weight excluding hydrogens is 299 g/mol. The van der Waals surface area contributed by atoms with Gasteiger partial charge in [-0.05, 0) is 32.0 Å². The van der Waals surface area contributed by atoms with E-state index in [-0.39, 0.29) is 0 Å². The van der Waals surface area contributed by atoms with Crippen molar-refractivity contribution in [2.75, 3.05) is 4.72 Å². The minimum absolute atomic E-state index is 0.439. The molecule has 0 aliphatic carbocycles. The number of nitrogens with one attached hydrogen (secondary N) is 1. The Morgan fingerprint density at radius 1 is 1.25 bits per heavy atom. The van der Waals surface area contributed by atoms with Gasteiger partial charge in [-0.3, -0.25) is 4.72 Å². The number of alkyl halides is 3. The number of sulfonamides is 1. The van der Waals surface area contributed by atoms with E-state index in [0.717, 1.165) is 6.07 Å². The van der Waals surface area contributed by atoms with Gasteiger partial charge in [0.05, 0.1) is 16.4 Å². The molecule has 0 radical (unpaired) electrons. The standard InChI is InChI=1S/C11H12F3NO4S/c1-6(2)20(18,19)15-9-4-7(10(16)17)3-8(5-9)11(12,13)14/h3-6,15H,1-2H3,(H,16,17). The van der Waals surface area contributed by atoms with Crippen LogP contribution in [-0.4, -0.2) is 24.7 Å². The molecule has 1 aromatic rings. The van der Waals surface area contributed by atoms with Crippen molar-refractivity contribution in [3.05, 3.63) is 29.3 Å². The molecule has 9 heteroatoms. The summed E-state index contributed by atoms with van der Waals surface area (Å²) in [5.41, 5.74) is -2.33. The number of rotatable bonds is 4. The summed E-state index contributed by atoms with van der Waals surface area (Å²) in [4.78, 5) is 10.8. The zero-order valence-corrected chi connectivity index (χ0v) is 11.3. The Hall–Kier alpha value is -1.77. The summed E-state index contributed by atoms with van der Waals surface area (Å²) in [6.07, 6.45) is -4.77. The quantitative estimate of drug-likeness (QED) is 0.895. The molecule has 0 unspecified atom stereocenters. The molecule has 0 bridgehead atoms. The lowest BCUT2D eigenvalue weighted by molar-refractivity contribution is -0.137. The number of anilines is 1. The van der Waals surface area contributed by atoms with Gasteiger partial charge in [0, 0.05) is 5.69 Å². The minimum atomic E-state index is -4.77. The van der Waals surface area contributed by atoms with Crippen LogP contribution in [-0.2, 0) is 16.2 Å². The second-order valence-corrected chi connectivity index (χ2v) is 6.53. The summed E-state index contributed by atoms with van der Waals surface area (Å²) in [6.45, 7) is 2.68. The van der Waals surface area contributed by atoms with Crippen LogP contribution in [0.4, 0.5) is 18.9 Å². The van der Waals surface area contributed by atoms with Gasteiger partial charge in [0.1, 0.15) is 0 Å². The van der Waals surface area contributed by atoms with Gasteiger partial charge < -0.3 is 5.11 Å². The van der Waals surface area contributed by atoms with Crippen molar-refractivity contribution in [1.29, 1.82) is 0 Å². The lowest BCUT2D eigenvalue weighted by Gasteiger charge is -2.14. The monoisotopic (exact) mass is 311 g/mol. The third-order valence-corrected chi connectivity index (χ3v) is 4.15. The summed E-state index contributed by atoms with van der Waals surface area (Å²) >= 11 is 0. The molecule has 112 valence electrons. The number of hydrogen-bond acceptors (Lipinski definition) is 3. The first-order valence-corrected chi connectivity index (χ1v) is 6.95. The van der Waals surface area contributed by atoms with Gasteiger partial charge in [-0.25, -0.2) is 13.2 Å². The van der Waals surface area contributed by atoms with Gasteiger partial charge in [0.2, 0.25) is 10.0 Å². The van der Waals surface area contributed by atoms with Crippen LogP contribution in [0.1, 0.15) is 29.8 Å². The summed E-state index contributed by atoms with van der Waals surface area (Å²) in [6, 6.07) is 1.82. The molecule has 0 saturated carbocycles. The SMILES string of the molecule is CC(C)S(=O)(=O)Nc1cc(C(=O)O)cc(C(F)(F)F)c1. The third kappa shape index (κ3) is 3.86. The molecule has 1 aromatic carbocycles. The number of hydrogen-bond donors (Lipinski definition) is 2. The highest BCUT2D eigenvalue weighted by molar-refractivity contribution is 7.93. The Kier molecular flexibility index (Phi) is 4.33. The fraction of sp³-hybridized carbons (Fsp3) is 0.364. The van der Waals surface area contributed by atoms with Crippen molar-refractivity contribution >= 4 is 21.7 Å². The van der Waals surface area contributed by atoms with Crippen LogP contribution in [0, 0.1) is 0 Å². The summed E-state index contributed by atoms with van der Waals surface area (Å²) in [7, 11) is -3.87. The molecule has 0 aliphatic rings. The zero-order chi connectivity index (χ0) is 15.7. The molecule has 0 heterocycles. The van der Waals surface area contributed by atoms with Crippen molar-refractivity contribution in [2.24, 2.45) is 0 Å². The van der Waals surface area contributed by atoms with Crippen molar-refractivity contribution in [2.45, 2.75) is 25.3 Å². The number of carboxylic acids is 1. The highest BCUT2D eigenvalue weighted by Gasteiger charge is 2.32. The van der Waals surface area contributed by atoms with Gasteiger partial charge in [-0.15, -0.1) is 0 Å². The van der Waals surface area contributed by atoms with Crippen molar-refractivity contribution in [3.63, 3.8) is 0 Å². The van der Waals surface area contributed by atoms with Gasteiger partial charge in [-0.2, -0.15) is 13.2 Å². The second-order valence-electron chi connectivity index (χ2n) is 4.30. The lowest BCUT2D eigenvalue weighted by atomic mass is 10.1. The molecule has 1 rings (SSSR count). The number of benzene rings is 1. The van der Waals surface area contributed by atoms with Gasteiger partial charge >= 0.3 is 12.1 Å². The lowest BCUT2D eigenvalue weighted by Crippen LogP contribution is -2.23. The first kappa shape index (κ1) is 16.3. The molecule has 0 aromatic heterocycles. The van der Waals surface area contributed by atoms with E-state index in [0.29, 0.717) is 12.1 Å². The maximum Gasteiger partial charge on any atom is 0.416 e. The molecule has 0 amide bonds. The van der Waals surface area contributed by atoms with Gasteiger partial charge in [0.25, 0.3) is 0 Å². The molecular formula is C11H12F3NO4S. The van der Waals surface area contributed by atoms with Crippen LogP contribution in [0.2, 0.25) is 0 Å². The second kappa shape index (κ2) is 5.31. The molecule has 5 nitrogen and oxygen atoms in total. The molecule has 0 fully saturated rings. The average molecular weight is 311 g/mol. The van der Waals surface area contributed by atoms with Crippen molar-refractivity contribution in [1.82, 2.24) is 0 Å². The normalized spacial score (nSPS) is 12.5. The van der Waals surface area contributed by atoms with Crippen molar-refractivity contribution in [3.8, 4) is 0 Å². The average Bonchev–Trinajstić information content (AvgIpc) is 2.26. The smallest absolute Gasteiger partial charge is 0.416 e. The van der Waals surface area contributed by atoms with Crippen LogP contribution in [0.25, 0.3) is 0 Å². The first-order chi connectivity index (χ1) is 8.93. The fourth-order valence-electron chi connectivity index (χ4n) is 1.26. The zero-order valence-electron chi connectivity index (χ0n) is 10.5. The minimum Gasteiger partial charge on any atom is -0.478 e. The maximum absolute atomic E-state index is 12.6. The van der Waals surface area contributed by atoms with E-state index in [1.54, 1.807) is 0 Å². The molecule has 0 atom stereocenters. The highest BCUT2D eigenvalue weighted by atomic mass is 32.2. The Balaban J connectivity index is 3.34. The highest BCUT2D eigenvalue weighted by Crippen LogP contribution is 2.32. The molecule has 2 N–H and O–H groups in total. The molecule has 0 saturated heterocycles. The Labute approximate surface area is 113 Å². The summed E-state index contributed by atoms with van der Waals surface area (Å²) in [5, 5.41) is 7.89. The Morgan fingerprint density at radius 2 is 1.80 bits per heavy atom. The number of halogens is 3. The van der Waals surface area contributed by atoms with E-state index in [2.05, 4.69) is 0 Å². The van der Waals surface area contributed by atoms with Crippen LogP contribution in [0.5, 0.6) is 0 Å². The predicted molar refractivity (Wildman–Crippen MR) is 66.1 cm³/mol. The number of carbonyl (C=O) groups is 1. The molecule has 20 heavy (non-hydrogen) atoms. The summed E-state index contributed by atoms with van der Waals surface area (Å²) < 4.78 is 63.0. The first-order valence-electron chi connectivity index (χ1n) is 5.40. The Morgan fingerprint density at radius 3 is 2.20 bits per heavy atom. The largest absolute Gasteiger partial charge is 0.478 e. The van der Waals surface area contributed by atoms with E-state index in [1.165, 1.54) is 13.8 Å². The predicted octanol–water partition coefficient (Wildman–Crippen LogP) is 2.55. The fourth-order valence-corrected chi connectivity index (χ4v) is 1.94. The Bertz CT molecular complexity index is 623. The van der Waals surface area contributed by atoms with Gasteiger partial charge in [-0.1, -0.05) is 0 Å². The van der Waals surface area contributed by atoms with E-state index >= 15 is 0 Å². The van der Waals surface area contributed by atoms with E-state index < -0.39 is 44.2 Å². The summed E-state index contributed by atoms with van der Waals surface area (Å²) in [5.74, 6) is -1.58. The molecule has 0 aliphatic heterocycles.